The van der Waals surface area contributed by atoms with Gasteiger partial charge < -0.3 is 14.8 Å². The summed E-state index contributed by atoms with van der Waals surface area (Å²) in [7, 11) is 1.67. The molecule has 1 amide bonds. The zero-order valence-corrected chi connectivity index (χ0v) is 13.0. The van der Waals surface area contributed by atoms with Gasteiger partial charge in [-0.05, 0) is 38.8 Å². The lowest BCUT2D eigenvalue weighted by atomic mass is 10.0. The molecule has 1 aliphatic heterocycles. The van der Waals surface area contributed by atoms with E-state index >= 15 is 0 Å². The number of pyridine rings is 1. The zero-order valence-electron chi connectivity index (χ0n) is 13.0. The quantitative estimate of drug-likeness (QED) is 0.834. The summed E-state index contributed by atoms with van der Waals surface area (Å²) in [6.45, 7) is 5.12. The van der Waals surface area contributed by atoms with E-state index in [0.717, 1.165) is 13.0 Å². The molecule has 0 aromatic carbocycles. The van der Waals surface area contributed by atoms with Gasteiger partial charge in [0.2, 0.25) is 0 Å². The monoisotopic (exact) mass is 291 g/mol. The third-order valence-electron chi connectivity index (χ3n) is 4.21. The molecule has 0 spiro atoms. The number of aryl methyl sites for hydroxylation is 1. The highest BCUT2D eigenvalue weighted by Gasteiger charge is 2.17. The Hall–Kier alpha value is -1.62. The average molecular weight is 291 g/mol. The Balaban J connectivity index is 1.74. The van der Waals surface area contributed by atoms with Gasteiger partial charge >= 0.3 is 0 Å². The summed E-state index contributed by atoms with van der Waals surface area (Å²) in [5, 5.41) is 2.89. The van der Waals surface area contributed by atoms with Gasteiger partial charge in [-0.15, -0.1) is 0 Å². The molecule has 0 bridgehead atoms. The Morgan fingerprint density at radius 2 is 2.24 bits per heavy atom. The average Bonchev–Trinajstić information content (AvgIpc) is 2.48. The zero-order chi connectivity index (χ0) is 15.2. The molecule has 2 rings (SSSR count). The number of rotatable bonds is 5. The molecule has 1 aromatic heterocycles. The number of likely N-dealkylation sites (tertiary alicyclic amines) is 1. The van der Waals surface area contributed by atoms with E-state index in [-0.39, 0.29) is 11.5 Å². The summed E-state index contributed by atoms with van der Waals surface area (Å²) in [4.78, 5) is 25.9. The van der Waals surface area contributed by atoms with Crippen LogP contribution < -0.4 is 10.9 Å². The number of hydrogen-bond donors (Lipinski definition) is 1. The molecule has 1 aromatic rings. The van der Waals surface area contributed by atoms with E-state index in [2.05, 4.69) is 17.1 Å². The number of nitrogens with zero attached hydrogens (tertiary/aromatic N) is 2. The van der Waals surface area contributed by atoms with Gasteiger partial charge in [0.25, 0.3) is 11.5 Å². The highest BCUT2D eigenvalue weighted by Crippen LogP contribution is 2.16. The summed E-state index contributed by atoms with van der Waals surface area (Å²) in [5.41, 5.74) is 0.272. The van der Waals surface area contributed by atoms with Crippen LogP contribution in [-0.4, -0.2) is 41.1 Å². The second-order valence-electron chi connectivity index (χ2n) is 5.85. The van der Waals surface area contributed by atoms with Gasteiger partial charge in [0.15, 0.2) is 0 Å². The Morgan fingerprint density at radius 3 is 2.95 bits per heavy atom. The molecule has 0 saturated carbocycles. The smallest absolute Gasteiger partial charge is 0.251 e. The van der Waals surface area contributed by atoms with Gasteiger partial charge in [0.1, 0.15) is 0 Å². The maximum Gasteiger partial charge on any atom is 0.251 e. The predicted molar refractivity (Wildman–Crippen MR) is 83.5 cm³/mol. The van der Waals surface area contributed by atoms with Gasteiger partial charge in [-0.1, -0.05) is 6.42 Å². The molecule has 1 unspecified atom stereocenters. The lowest BCUT2D eigenvalue weighted by molar-refractivity contribution is 0.0948. The standard InChI is InChI=1S/C16H25N3O2/c1-13-6-3-4-9-19(13)10-5-8-17-16(21)14-7-11-18(2)15(20)12-14/h7,11-13H,3-6,8-10H2,1-2H3,(H,17,21). The number of hydrogen-bond acceptors (Lipinski definition) is 3. The van der Waals surface area contributed by atoms with Crippen molar-refractivity contribution in [1.29, 1.82) is 0 Å². The molecule has 116 valence electrons. The minimum Gasteiger partial charge on any atom is -0.352 e. The van der Waals surface area contributed by atoms with Crippen molar-refractivity contribution < 1.29 is 4.79 Å². The minimum atomic E-state index is -0.167. The molecule has 5 nitrogen and oxygen atoms in total. The van der Waals surface area contributed by atoms with Crippen molar-refractivity contribution in [3.63, 3.8) is 0 Å². The Kier molecular flexibility index (Phi) is 5.56. The molecular formula is C16H25N3O2. The van der Waals surface area contributed by atoms with E-state index in [9.17, 15) is 9.59 Å². The van der Waals surface area contributed by atoms with Crippen molar-refractivity contribution in [1.82, 2.24) is 14.8 Å². The topological polar surface area (TPSA) is 54.3 Å². The molecule has 1 saturated heterocycles. The van der Waals surface area contributed by atoms with Gasteiger partial charge in [0.05, 0.1) is 0 Å². The molecule has 1 fully saturated rings. The van der Waals surface area contributed by atoms with Crippen LogP contribution in [-0.2, 0) is 7.05 Å². The van der Waals surface area contributed by atoms with Crippen molar-refractivity contribution in [3.05, 3.63) is 34.2 Å². The molecule has 5 heteroatoms. The molecular weight excluding hydrogens is 266 g/mol. The number of piperidine rings is 1. The van der Waals surface area contributed by atoms with Crippen molar-refractivity contribution in [2.45, 2.75) is 38.6 Å². The Labute approximate surface area is 126 Å². The van der Waals surface area contributed by atoms with Gasteiger partial charge in [0, 0.05) is 44.0 Å². The van der Waals surface area contributed by atoms with Crippen LogP contribution in [0.3, 0.4) is 0 Å². The molecule has 2 heterocycles. The van der Waals surface area contributed by atoms with E-state index in [4.69, 9.17) is 0 Å². The fourth-order valence-electron chi connectivity index (χ4n) is 2.77. The number of amides is 1. The van der Waals surface area contributed by atoms with Gasteiger partial charge in [-0.2, -0.15) is 0 Å². The normalized spacial score (nSPS) is 19.4. The van der Waals surface area contributed by atoms with Crippen molar-refractivity contribution in [2.75, 3.05) is 19.6 Å². The largest absolute Gasteiger partial charge is 0.352 e. The lowest BCUT2D eigenvalue weighted by Gasteiger charge is -2.33. The van der Waals surface area contributed by atoms with E-state index in [1.165, 1.54) is 36.4 Å². The number of carbonyl (C=O) groups excluding carboxylic acids is 1. The van der Waals surface area contributed by atoms with Crippen molar-refractivity contribution in [3.8, 4) is 0 Å². The predicted octanol–water partition coefficient (Wildman–Crippen LogP) is 1.38. The van der Waals surface area contributed by atoms with Crippen LogP contribution in [0, 0.1) is 0 Å². The first-order chi connectivity index (χ1) is 10.1. The molecule has 0 aliphatic carbocycles. The third kappa shape index (κ3) is 4.43. The first-order valence-corrected chi connectivity index (χ1v) is 7.77. The van der Waals surface area contributed by atoms with E-state index in [1.54, 1.807) is 19.3 Å². The van der Waals surface area contributed by atoms with Crippen LogP contribution in [0.2, 0.25) is 0 Å². The molecule has 1 atom stereocenters. The second-order valence-corrected chi connectivity index (χ2v) is 5.85. The maximum atomic E-state index is 12.0. The summed E-state index contributed by atoms with van der Waals surface area (Å²) < 4.78 is 1.45. The summed E-state index contributed by atoms with van der Waals surface area (Å²) >= 11 is 0. The van der Waals surface area contributed by atoms with E-state index in [1.807, 2.05) is 0 Å². The third-order valence-corrected chi connectivity index (χ3v) is 4.21. The Bertz CT molecular complexity index is 539. The molecule has 1 N–H and O–H groups in total. The molecule has 0 radical (unpaired) electrons. The van der Waals surface area contributed by atoms with Crippen LogP contribution in [0.5, 0.6) is 0 Å². The van der Waals surface area contributed by atoms with Crippen LogP contribution in [0.4, 0.5) is 0 Å². The van der Waals surface area contributed by atoms with Crippen LogP contribution in [0.25, 0.3) is 0 Å². The second kappa shape index (κ2) is 7.41. The van der Waals surface area contributed by atoms with E-state index < -0.39 is 0 Å². The van der Waals surface area contributed by atoms with Crippen molar-refractivity contribution >= 4 is 5.91 Å². The lowest BCUT2D eigenvalue weighted by Crippen LogP contribution is -2.39. The minimum absolute atomic E-state index is 0.162. The maximum absolute atomic E-state index is 12.0. The first kappa shape index (κ1) is 15.8. The fourth-order valence-corrected chi connectivity index (χ4v) is 2.77. The van der Waals surface area contributed by atoms with Gasteiger partial charge in [-0.25, -0.2) is 0 Å². The number of carbonyl (C=O) groups is 1. The van der Waals surface area contributed by atoms with Crippen LogP contribution >= 0.6 is 0 Å². The number of nitrogens with one attached hydrogen (secondary N) is 1. The summed E-state index contributed by atoms with van der Waals surface area (Å²) in [5.74, 6) is -0.167. The SMILES string of the molecule is CC1CCCCN1CCCNC(=O)c1ccn(C)c(=O)c1. The van der Waals surface area contributed by atoms with Crippen LogP contribution in [0.15, 0.2) is 23.1 Å². The Morgan fingerprint density at radius 1 is 1.43 bits per heavy atom. The molecule has 21 heavy (non-hydrogen) atoms. The summed E-state index contributed by atoms with van der Waals surface area (Å²) in [6, 6.07) is 3.71. The van der Waals surface area contributed by atoms with E-state index in [0.29, 0.717) is 18.2 Å². The molecule has 1 aliphatic rings. The highest BCUT2D eigenvalue weighted by molar-refractivity contribution is 5.93. The van der Waals surface area contributed by atoms with Gasteiger partial charge in [-0.3, -0.25) is 9.59 Å². The first-order valence-electron chi connectivity index (χ1n) is 7.77. The highest BCUT2D eigenvalue weighted by atomic mass is 16.2. The fraction of sp³-hybridized carbons (Fsp3) is 0.625. The van der Waals surface area contributed by atoms with Crippen molar-refractivity contribution in [2.24, 2.45) is 7.05 Å². The number of aromatic nitrogens is 1. The van der Waals surface area contributed by atoms with Crippen LogP contribution in [0.1, 0.15) is 43.0 Å². The summed E-state index contributed by atoms with van der Waals surface area (Å²) in [6.07, 6.45) is 6.45.